The Balaban J connectivity index is 1.22. The van der Waals surface area contributed by atoms with Crippen molar-refractivity contribution in [2.45, 2.75) is 13.1 Å². The van der Waals surface area contributed by atoms with Gasteiger partial charge in [-0.3, -0.25) is 9.59 Å². The largest absolute Gasteiger partial charge is 0.457 e. The van der Waals surface area contributed by atoms with Crippen LogP contribution in [0, 0.1) is 6.92 Å². The minimum atomic E-state index is -4.62. The van der Waals surface area contributed by atoms with Gasteiger partial charge in [0.05, 0.1) is 24.3 Å². The van der Waals surface area contributed by atoms with Crippen molar-refractivity contribution in [2.24, 2.45) is 0 Å². The third-order valence-electron chi connectivity index (χ3n) is 6.69. The molecule has 0 fully saturated rings. The maximum Gasteiger partial charge on any atom is 0.416 e. The summed E-state index contributed by atoms with van der Waals surface area (Å²) in [5, 5.41) is 12.3. The Labute approximate surface area is 248 Å². The van der Waals surface area contributed by atoms with E-state index in [0.717, 1.165) is 12.1 Å². The van der Waals surface area contributed by atoms with Gasteiger partial charge in [-0.1, -0.05) is 12.1 Å². The number of ether oxygens (including phenoxy) is 1. The highest BCUT2D eigenvalue weighted by Gasteiger charge is 2.31. The highest BCUT2D eigenvalue weighted by atomic mass is 19.4. The van der Waals surface area contributed by atoms with Crippen molar-refractivity contribution in [3.63, 3.8) is 0 Å². The highest BCUT2D eigenvalue weighted by Crippen LogP contribution is 2.34. The lowest BCUT2D eigenvalue weighted by atomic mass is 10.0. The molecule has 10 nitrogen and oxygen atoms in total. The zero-order valence-electron chi connectivity index (χ0n) is 23.1. The number of aromatic nitrogens is 3. The normalized spacial score (nSPS) is 12.7. The van der Waals surface area contributed by atoms with Crippen molar-refractivity contribution < 1.29 is 27.5 Å². The molecule has 0 radical (unpaired) electrons. The zero-order valence-corrected chi connectivity index (χ0v) is 23.1. The number of anilines is 2. The molecule has 0 aliphatic carbocycles. The molecule has 1 aliphatic heterocycles. The van der Waals surface area contributed by atoms with Crippen LogP contribution in [0.5, 0.6) is 11.5 Å². The Morgan fingerprint density at radius 3 is 2.55 bits per heavy atom. The smallest absolute Gasteiger partial charge is 0.416 e. The first-order valence-corrected chi connectivity index (χ1v) is 13.3. The van der Waals surface area contributed by atoms with Crippen molar-refractivity contribution in [1.82, 2.24) is 25.2 Å². The van der Waals surface area contributed by atoms with Crippen LogP contribution in [0.4, 0.5) is 24.7 Å². The summed E-state index contributed by atoms with van der Waals surface area (Å²) in [6, 6.07) is 16.7. The number of halogens is 3. The summed E-state index contributed by atoms with van der Waals surface area (Å²) in [6.45, 7) is 2.19. The Morgan fingerprint density at radius 2 is 1.80 bits per heavy atom. The van der Waals surface area contributed by atoms with Crippen molar-refractivity contribution in [3.05, 3.63) is 114 Å². The lowest BCUT2D eigenvalue weighted by Crippen LogP contribution is -2.24. The van der Waals surface area contributed by atoms with Crippen molar-refractivity contribution in [2.75, 3.05) is 17.3 Å². The number of carbonyl (C=O) groups is 2. The molecule has 13 heteroatoms. The SMILES string of the molecule is Cc1cn(-c2cc(NC(=O)c3cccc4cc(Oc5ccnc(NC(=O)C6=CNCN6)c5)ccc34)cc(C(F)(F)F)c2)cn1. The summed E-state index contributed by atoms with van der Waals surface area (Å²) in [5.41, 5.74) is 0.577. The maximum atomic E-state index is 13.7. The van der Waals surface area contributed by atoms with Gasteiger partial charge in [0, 0.05) is 41.6 Å². The highest BCUT2D eigenvalue weighted by molar-refractivity contribution is 6.13. The number of nitrogens with one attached hydrogen (secondary N) is 4. The summed E-state index contributed by atoms with van der Waals surface area (Å²) in [7, 11) is 0. The van der Waals surface area contributed by atoms with Crippen molar-refractivity contribution in [3.8, 4) is 17.2 Å². The van der Waals surface area contributed by atoms with Crippen LogP contribution < -0.4 is 26.0 Å². The van der Waals surface area contributed by atoms with Gasteiger partial charge in [-0.2, -0.15) is 13.2 Å². The standard InChI is InChI=1S/C31H24F3N7O3/c1-18-15-41(17-38-18)22-11-20(31(32,33)34)10-21(12-22)39-29(42)26-4-2-3-19-9-23(5-6-25(19)26)44-24-7-8-36-28(13-24)40-30(43)27-14-35-16-37-27/h2-15,17,35,37H,16H2,1H3,(H,39,42)(H,36,40,43). The van der Waals surface area contributed by atoms with Crippen molar-refractivity contribution in [1.29, 1.82) is 0 Å². The molecular weight excluding hydrogens is 575 g/mol. The lowest BCUT2D eigenvalue weighted by molar-refractivity contribution is -0.137. The predicted octanol–water partition coefficient (Wildman–Crippen LogP) is 5.72. The lowest BCUT2D eigenvalue weighted by Gasteiger charge is -2.14. The summed E-state index contributed by atoms with van der Waals surface area (Å²) in [4.78, 5) is 33.9. The zero-order chi connectivity index (χ0) is 30.8. The summed E-state index contributed by atoms with van der Waals surface area (Å²) >= 11 is 0. The average Bonchev–Trinajstić information content (AvgIpc) is 3.69. The third kappa shape index (κ3) is 6.16. The molecule has 2 amide bonds. The molecule has 0 saturated heterocycles. The minimum Gasteiger partial charge on any atom is -0.457 e. The molecule has 44 heavy (non-hydrogen) atoms. The molecule has 3 aromatic carbocycles. The fraction of sp³-hybridized carbons (Fsp3) is 0.0968. The second-order valence-corrected chi connectivity index (χ2v) is 9.88. The van der Waals surface area contributed by atoms with Gasteiger partial charge >= 0.3 is 6.18 Å². The molecule has 1 aliphatic rings. The van der Waals surface area contributed by atoms with Gasteiger partial charge in [0.25, 0.3) is 11.8 Å². The fourth-order valence-corrected chi connectivity index (χ4v) is 4.64. The maximum absolute atomic E-state index is 13.7. The molecule has 222 valence electrons. The van der Waals surface area contributed by atoms with Crippen LogP contribution in [-0.4, -0.2) is 33.0 Å². The Morgan fingerprint density at radius 1 is 0.955 bits per heavy atom. The molecule has 4 N–H and O–H groups in total. The number of rotatable bonds is 7. The van der Waals surface area contributed by atoms with E-state index in [1.54, 1.807) is 67.9 Å². The number of alkyl halides is 3. The number of aryl methyl sites for hydroxylation is 1. The molecule has 2 aromatic heterocycles. The van der Waals surface area contributed by atoms with E-state index in [1.165, 1.54) is 23.2 Å². The number of nitrogens with zero attached hydrogens (tertiary/aromatic N) is 3. The van der Waals surface area contributed by atoms with E-state index in [1.807, 2.05) is 0 Å². The molecule has 0 unspecified atom stereocenters. The molecule has 6 rings (SSSR count). The van der Waals surface area contributed by atoms with Crippen LogP contribution in [0.25, 0.3) is 16.5 Å². The minimum absolute atomic E-state index is 0.0139. The van der Waals surface area contributed by atoms with E-state index < -0.39 is 17.6 Å². The van der Waals surface area contributed by atoms with Gasteiger partial charge in [-0.15, -0.1) is 0 Å². The van der Waals surface area contributed by atoms with Gasteiger partial charge in [0.2, 0.25) is 0 Å². The number of carbonyl (C=O) groups excluding carboxylic acids is 2. The van der Waals surface area contributed by atoms with E-state index in [-0.39, 0.29) is 22.8 Å². The number of imidazole rings is 1. The van der Waals surface area contributed by atoms with E-state index in [2.05, 4.69) is 31.2 Å². The van der Waals surface area contributed by atoms with Crippen molar-refractivity contribution >= 4 is 34.1 Å². The molecular formula is C31H24F3N7O3. The van der Waals surface area contributed by atoms with E-state index >= 15 is 0 Å². The summed E-state index contributed by atoms with van der Waals surface area (Å²) in [5.74, 6) is 0.245. The van der Waals surface area contributed by atoms with Crippen LogP contribution >= 0.6 is 0 Å². The average molecular weight is 600 g/mol. The quantitative estimate of drug-likeness (QED) is 0.189. The van der Waals surface area contributed by atoms with Gasteiger partial charge in [-0.05, 0) is 66.2 Å². The topological polar surface area (TPSA) is 122 Å². The van der Waals surface area contributed by atoms with E-state index in [0.29, 0.717) is 46.1 Å². The number of hydrogen-bond acceptors (Lipinski definition) is 7. The first kappa shape index (κ1) is 28.3. The van der Waals surface area contributed by atoms with Crippen LogP contribution in [0.1, 0.15) is 21.6 Å². The molecule has 0 spiro atoms. The van der Waals surface area contributed by atoms with Crippen LogP contribution in [0.2, 0.25) is 0 Å². The van der Waals surface area contributed by atoms with Gasteiger partial charge in [0.1, 0.15) is 23.0 Å². The number of hydrogen-bond donors (Lipinski definition) is 4. The van der Waals surface area contributed by atoms with Gasteiger partial charge in [-0.25, -0.2) is 9.97 Å². The number of amides is 2. The van der Waals surface area contributed by atoms with E-state index in [9.17, 15) is 22.8 Å². The number of pyridine rings is 1. The molecule has 0 bridgehead atoms. The fourth-order valence-electron chi connectivity index (χ4n) is 4.64. The summed E-state index contributed by atoms with van der Waals surface area (Å²) < 4.78 is 48.5. The second-order valence-electron chi connectivity index (χ2n) is 9.88. The Hall–Kier alpha value is -5.85. The van der Waals surface area contributed by atoms with E-state index in [4.69, 9.17) is 4.74 Å². The van der Waals surface area contributed by atoms with Crippen LogP contribution in [-0.2, 0) is 11.0 Å². The third-order valence-corrected chi connectivity index (χ3v) is 6.69. The van der Waals surface area contributed by atoms with Crippen LogP contribution in [0.15, 0.2) is 97.3 Å². The van der Waals surface area contributed by atoms with Gasteiger partial charge in [0.15, 0.2) is 0 Å². The van der Waals surface area contributed by atoms with Crippen LogP contribution in [0.3, 0.4) is 0 Å². The summed E-state index contributed by atoms with van der Waals surface area (Å²) in [6.07, 6.45) is 1.45. The Bertz CT molecular complexity index is 1930. The van der Waals surface area contributed by atoms with Gasteiger partial charge < -0.3 is 30.6 Å². The molecule has 5 aromatic rings. The molecule has 0 atom stereocenters. The predicted molar refractivity (Wildman–Crippen MR) is 157 cm³/mol. The first-order chi connectivity index (χ1) is 21.1. The number of benzene rings is 3. The Kier molecular flexibility index (Phi) is 7.35. The monoisotopic (exact) mass is 599 g/mol. The second kappa shape index (κ2) is 11.4. The molecule has 0 saturated carbocycles. The molecule has 3 heterocycles. The first-order valence-electron chi connectivity index (χ1n) is 13.3. The number of fused-ring (bicyclic) bond motifs is 1.